The monoisotopic (exact) mass is 263 g/mol. The summed E-state index contributed by atoms with van der Waals surface area (Å²) in [5.41, 5.74) is 6.27. The maximum absolute atomic E-state index is 9.45. The molecule has 0 aromatic heterocycles. The van der Waals surface area contributed by atoms with Gasteiger partial charge in [0.05, 0.1) is 5.71 Å². The van der Waals surface area contributed by atoms with E-state index in [-0.39, 0.29) is 0 Å². The molecule has 2 aromatic rings. The van der Waals surface area contributed by atoms with Crippen LogP contribution < -0.4 is 0 Å². The molecular weight excluding hydrogens is 246 g/mol. The van der Waals surface area contributed by atoms with E-state index in [1.165, 1.54) is 16.7 Å². The Morgan fingerprint density at radius 2 is 1.40 bits per heavy atom. The molecule has 20 heavy (non-hydrogen) atoms. The molecule has 2 aliphatic carbocycles. The van der Waals surface area contributed by atoms with Crippen molar-refractivity contribution in [3.05, 3.63) is 70.8 Å². The Hall–Kier alpha value is -2.09. The fourth-order valence-corrected chi connectivity index (χ4v) is 3.88. The molecule has 2 nitrogen and oxygen atoms in total. The lowest BCUT2D eigenvalue weighted by atomic mass is 9.86. The molecule has 4 rings (SSSR count). The number of nitrogens with zero attached hydrogens (tertiary/aromatic N) is 1. The Bertz CT molecular complexity index is 664. The molecule has 0 aliphatic heterocycles. The maximum Gasteiger partial charge on any atom is 0.0907 e. The van der Waals surface area contributed by atoms with Gasteiger partial charge >= 0.3 is 0 Å². The molecule has 0 radical (unpaired) electrons. The van der Waals surface area contributed by atoms with E-state index < -0.39 is 0 Å². The SMILES string of the molecule is ON=C1c2ccccc2CC1C1Cc2ccccc2C1. The molecule has 0 heterocycles. The first-order chi connectivity index (χ1) is 9.86. The quantitative estimate of drug-likeness (QED) is 0.620. The first kappa shape index (κ1) is 11.7. The van der Waals surface area contributed by atoms with Crippen molar-refractivity contribution >= 4 is 5.71 Å². The minimum Gasteiger partial charge on any atom is -0.411 e. The summed E-state index contributed by atoms with van der Waals surface area (Å²) in [4.78, 5) is 0. The summed E-state index contributed by atoms with van der Waals surface area (Å²) in [6, 6.07) is 17.0. The van der Waals surface area contributed by atoms with Gasteiger partial charge in [0.25, 0.3) is 0 Å². The predicted molar refractivity (Wildman–Crippen MR) is 79.3 cm³/mol. The van der Waals surface area contributed by atoms with Crippen LogP contribution in [0.1, 0.15) is 22.3 Å². The Kier molecular flexibility index (Phi) is 2.62. The van der Waals surface area contributed by atoms with Gasteiger partial charge in [-0.3, -0.25) is 0 Å². The molecule has 2 aromatic carbocycles. The largest absolute Gasteiger partial charge is 0.411 e. The first-order valence-corrected chi connectivity index (χ1v) is 7.24. The fourth-order valence-electron chi connectivity index (χ4n) is 3.88. The fraction of sp³-hybridized carbons (Fsp3) is 0.278. The van der Waals surface area contributed by atoms with Crippen molar-refractivity contribution in [1.29, 1.82) is 0 Å². The van der Waals surface area contributed by atoms with Crippen molar-refractivity contribution in [2.45, 2.75) is 19.3 Å². The zero-order valence-corrected chi connectivity index (χ0v) is 11.3. The van der Waals surface area contributed by atoms with Crippen molar-refractivity contribution < 1.29 is 5.21 Å². The number of oxime groups is 1. The third-order valence-corrected chi connectivity index (χ3v) is 4.84. The zero-order valence-electron chi connectivity index (χ0n) is 11.3. The van der Waals surface area contributed by atoms with E-state index in [1.807, 2.05) is 6.07 Å². The van der Waals surface area contributed by atoms with E-state index in [0.717, 1.165) is 30.5 Å². The summed E-state index contributed by atoms with van der Waals surface area (Å²) in [5.74, 6) is 0.912. The van der Waals surface area contributed by atoms with Gasteiger partial charge in [0, 0.05) is 11.5 Å². The van der Waals surface area contributed by atoms with Gasteiger partial charge in [-0.05, 0) is 41.9 Å². The van der Waals surface area contributed by atoms with Crippen LogP contribution in [-0.2, 0) is 19.3 Å². The lowest BCUT2D eigenvalue weighted by Crippen LogP contribution is -2.22. The van der Waals surface area contributed by atoms with E-state index >= 15 is 0 Å². The lowest BCUT2D eigenvalue weighted by molar-refractivity contribution is 0.311. The van der Waals surface area contributed by atoms with Gasteiger partial charge in [-0.2, -0.15) is 0 Å². The van der Waals surface area contributed by atoms with Crippen LogP contribution in [0.15, 0.2) is 53.7 Å². The van der Waals surface area contributed by atoms with E-state index in [4.69, 9.17) is 0 Å². The molecule has 0 bridgehead atoms. The van der Waals surface area contributed by atoms with Crippen molar-refractivity contribution in [3.8, 4) is 0 Å². The van der Waals surface area contributed by atoms with Gasteiger partial charge < -0.3 is 5.21 Å². The summed E-state index contributed by atoms with van der Waals surface area (Å²) in [5, 5.41) is 13.1. The molecule has 100 valence electrons. The maximum atomic E-state index is 9.45. The van der Waals surface area contributed by atoms with Crippen molar-refractivity contribution in [2.75, 3.05) is 0 Å². The van der Waals surface area contributed by atoms with Gasteiger partial charge in [0.15, 0.2) is 0 Å². The molecule has 0 fully saturated rings. The average Bonchev–Trinajstić information content (AvgIpc) is 3.07. The van der Waals surface area contributed by atoms with E-state index in [0.29, 0.717) is 11.8 Å². The van der Waals surface area contributed by atoms with Gasteiger partial charge in [0.2, 0.25) is 0 Å². The number of fused-ring (bicyclic) bond motifs is 2. The molecule has 0 spiro atoms. The third kappa shape index (κ3) is 1.68. The second-order valence-corrected chi connectivity index (χ2v) is 5.89. The third-order valence-electron chi connectivity index (χ3n) is 4.84. The van der Waals surface area contributed by atoms with Crippen LogP contribution in [0.4, 0.5) is 0 Å². The van der Waals surface area contributed by atoms with Crippen LogP contribution in [0.25, 0.3) is 0 Å². The predicted octanol–water partition coefficient (Wildman–Crippen LogP) is 3.45. The molecule has 1 unspecified atom stereocenters. The molecular formula is C18H17NO. The van der Waals surface area contributed by atoms with Crippen LogP contribution in [-0.4, -0.2) is 10.9 Å². The molecule has 0 amide bonds. The van der Waals surface area contributed by atoms with E-state index in [9.17, 15) is 5.21 Å². The smallest absolute Gasteiger partial charge is 0.0907 e. The summed E-state index contributed by atoms with van der Waals surface area (Å²) in [6.07, 6.45) is 3.22. The lowest BCUT2D eigenvalue weighted by Gasteiger charge is -2.17. The molecule has 2 aliphatic rings. The minimum absolute atomic E-state index is 0.352. The average molecular weight is 263 g/mol. The first-order valence-electron chi connectivity index (χ1n) is 7.24. The standard InChI is InChI=1S/C18H17NO/c20-19-18-16-8-4-3-7-14(16)11-17(18)15-9-12-5-1-2-6-13(12)10-15/h1-8,15,17,20H,9-11H2. The van der Waals surface area contributed by atoms with Gasteiger partial charge in [0.1, 0.15) is 0 Å². The second-order valence-electron chi connectivity index (χ2n) is 5.89. The molecule has 1 atom stereocenters. The normalized spacial score (nSPS) is 23.0. The van der Waals surface area contributed by atoms with Crippen LogP contribution in [0.5, 0.6) is 0 Å². The minimum atomic E-state index is 0.352. The number of benzene rings is 2. The second kappa shape index (κ2) is 4.48. The highest BCUT2D eigenvalue weighted by Crippen LogP contribution is 2.39. The summed E-state index contributed by atoms with van der Waals surface area (Å²) >= 11 is 0. The topological polar surface area (TPSA) is 32.6 Å². The van der Waals surface area contributed by atoms with Crippen LogP contribution in [0.3, 0.4) is 0 Å². The van der Waals surface area contributed by atoms with Crippen LogP contribution in [0, 0.1) is 11.8 Å². The van der Waals surface area contributed by atoms with Crippen LogP contribution >= 0.6 is 0 Å². The molecule has 1 N–H and O–H groups in total. The van der Waals surface area contributed by atoms with Gasteiger partial charge in [-0.15, -0.1) is 0 Å². The van der Waals surface area contributed by atoms with Gasteiger partial charge in [-0.25, -0.2) is 0 Å². The number of rotatable bonds is 1. The van der Waals surface area contributed by atoms with Crippen molar-refractivity contribution in [3.63, 3.8) is 0 Å². The van der Waals surface area contributed by atoms with E-state index in [1.54, 1.807) is 0 Å². The molecule has 0 saturated heterocycles. The number of hydrogen-bond acceptors (Lipinski definition) is 2. The van der Waals surface area contributed by atoms with Crippen LogP contribution in [0.2, 0.25) is 0 Å². The Balaban J connectivity index is 1.66. The van der Waals surface area contributed by atoms with Crippen molar-refractivity contribution in [2.24, 2.45) is 17.0 Å². The zero-order chi connectivity index (χ0) is 13.5. The highest BCUT2D eigenvalue weighted by atomic mass is 16.4. The number of hydrogen-bond donors (Lipinski definition) is 1. The Labute approximate surface area is 118 Å². The van der Waals surface area contributed by atoms with E-state index in [2.05, 4.69) is 47.6 Å². The Morgan fingerprint density at radius 1 is 0.800 bits per heavy atom. The summed E-state index contributed by atoms with van der Waals surface area (Å²) < 4.78 is 0. The Morgan fingerprint density at radius 3 is 2.05 bits per heavy atom. The van der Waals surface area contributed by atoms with Gasteiger partial charge in [-0.1, -0.05) is 53.7 Å². The molecule has 0 saturated carbocycles. The summed E-state index contributed by atoms with van der Waals surface area (Å²) in [6.45, 7) is 0. The van der Waals surface area contributed by atoms with Crippen molar-refractivity contribution in [1.82, 2.24) is 0 Å². The summed E-state index contributed by atoms with van der Waals surface area (Å²) in [7, 11) is 0. The highest BCUT2D eigenvalue weighted by Gasteiger charge is 2.37. The highest BCUT2D eigenvalue weighted by molar-refractivity contribution is 6.06. The molecule has 2 heteroatoms.